The molecule has 156 valence electrons. The average molecular weight is 407 g/mol. The Bertz CT molecular complexity index is 766. The third-order valence-electron chi connectivity index (χ3n) is 6.29. The molecule has 1 saturated carbocycles. The maximum absolute atomic E-state index is 11.4. The molecule has 6 nitrogen and oxygen atoms in total. The van der Waals surface area contributed by atoms with Crippen molar-refractivity contribution in [1.82, 2.24) is 10.2 Å². The fourth-order valence-corrected chi connectivity index (χ4v) is 5.29. The Morgan fingerprint density at radius 2 is 1.75 bits per heavy atom. The Labute approximate surface area is 169 Å². The van der Waals surface area contributed by atoms with Crippen LogP contribution in [0.15, 0.2) is 34.2 Å². The number of hydrogen-bond donors (Lipinski definition) is 2. The molecule has 1 aromatic rings. The van der Waals surface area contributed by atoms with Gasteiger partial charge < -0.3 is 10.2 Å². The molecule has 0 bridgehead atoms. The second-order valence-electron chi connectivity index (χ2n) is 8.35. The molecule has 1 aliphatic heterocycles. The van der Waals surface area contributed by atoms with E-state index in [4.69, 9.17) is 5.14 Å². The van der Waals surface area contributed by atoms with E-state index >= 15 is 0 Å². The van der Waals surface area contributed by atoms with Crippen LogP contribution in [0.2, 0.25) is 0 Å². The third-order valence-corrected chi connectivity index (χ3v) is 7.21. The SMILES string of the molecule is CN=C(NCCc1ccc(S(N)(=O)=O)cc1)N1CCCC2(CCCCCC2)C1. The number of piperidine rings is 1. The first-order valence-corrected chi connectivity index (χ1v) is 12.0. The molecular weight excluding hydrogens is 372 g/mol. The highest BCUT2D eigenvalue weighted by Crippen LogP contribution is 2.42. The van der Waals surface area contributed by atoms with Crippen molar-refractivity contribution < 1.29 is 8.42 Å². The van der Waals surface area contributed by atoms with Crippen LogP contribution in [-0.2, 0) is 16.4 Å². The summed E-state index contributed by atoms with van der Waals surface area (Å²) >= 11 is 0. The third kappa shape index (κ3) is 5.47. The van der Waals surface area contributed by atoms with Crippen LogP contribution >= 0.6 is 0 Å². The van der Waals surface area contributed by atoms with Crippen LogP contribution in [0.1, 0.15) is 56.9 Å². The first-order chi connectivity index (χ1) is 13.4. The van der Waals surface area contributed by atoms with Crippen molar-refractivity contribution in [2.75, 3.05) is 26.7 Å². The molecule has 1 aromatic carbocycles. The zero-order chi connectivity index (χ0) is 20.0. The summed E-state index contributed by atoms with van der Waals surface area (Å²) in [7, 11) is -1.77. The molecule has 1 heterocycles. The van der Waals surface area contributed by atoms with Crippen LogP contribution in [0.5, 0.6) is 0 Å². The number of sulfonamides is 1. The Balaban J connectivity index is 1.54. The number of nitrogens with one attached hydrogen (secondary N) is 1. The summed E-state index contributed by atoms with van der Waals surface area (Å²) < 4.78 is 22.7. The zero-order valence-electron chi connectivity index (χ0n) is 17.0. The standard InChI is InChI=1S/C21H34N4O2S/c1-23-20(24-15-11-18-7-9-19(10-8-18)28(22,26)27)25-16-6-14-21(17-25)12-4-2-3-5-13-21/h7-10H,2-6,11-17H2,1H3,(H,23,24)(H2,22,26,27). The normalized spacial score (nSPS) is 20.8. The monoisotopic (exact) mass is 406 g/mol. The molecule has 0 radical (unpaired) electrons. The minimum absolute atomic E-state index is 0.155. The summed E-state index contributed by atoms with van der Waals surface area (Å²) in [6.07, 6.45) is 11.6. The van der Waals surface area contributed by atoms with Gasteiger partial charge >= 0.3 is 0 Å². The molecule has 3 N–H and O–H groups in total. The van der Waals surface area contributed by atoms with Gasteiger partial charge in [0.1, 0.15) is 0 Å². The lowest BCUT2D eigenvalue weighted by molar-refractivity contribution is 0.115. The molecule has 3 rings (SSSR count). The molecule has 0 aromatic heterocycles. The van der Waals surface area contributed by atoms with Crippen molar-refractivity contribution in [2.45, 2.75) is 62.7 Å². The Kier molecular flexibility index (Phi) is 6.99. The van der Waals surface area contributed by atoms with Crippen molar-refractivity contribution >= 4 is 16.0 Å². The lowest BCUT2D eigenvalue weighted by Gasteiger charge is -2.44. The molecular formula is C21H34N4O2S. The molecule has 2 aliphatic rings. The summed E-state index contributed by atoms with van der Waals surface area (Å²) in [5.74, 6) is 0.990. The van der Waals surface area contributed by atoms with Crippen molar-refractivity contribution in [3.8, 4) is 0 Å². The number of guanidine groups is 1. The van der Waals surface area contributed by atoms with E-state index in [0.29, 0.717) is 5.41 Å². The van der Waals surface area contributed by atoms with Crippen LogP contribution in [-0.4, -0.2) is 46.0 Å². The summed E-state index contributed by atoms with van der Waals surface area (Å²) in [6, 6.07) is 6.79. The summed E-state index contributed by atoms with van der Waals surface area (Å²) in [5.41, 5.74) is 1.56. The molecule has 2 fully saturated rings. The van der Waals surface area contributed by atoms with E-state index in [1.165, 1.54) is 51.4 Å². The van der Waals surface area contributed by atoms with Gasteiger partial charge in [-0.15, -0.1) is 0 Å². The summed E-state index contributed by atoms with van der Waals surface area (Å²) in [5, 5.41) is 8.66. The van der Waals surface area contributed by atoms with Gasteiger partial charge in [0.2, 0.25) is 10.0 Å². The number of primary sulfonamides is 1. The number of likely N-dealkylation sites (tertiary alicyclic amines) is 1. The number of nitrogens with two attached hydrogens (primary N) is 1. The Hall–Kier alpha value is -1.60. The maximum atomic E-state index is 11.4. The van der Waals surface area contributed by atoms with E-state index in [2.05, 4.69) is 15.2 Å². The van der Waals surface area contributed by atoms with E-state index in [0.717, 1.165) is 37.6 Å². The van der Waals surface area contributed by atoms with Crippen LogP contribution < -0.4 is 10.5 Å². The van der Waals surface area contributed by atoms with Crippen LogP contribution in [0.25, 0.3) is 0 Å². The molecule has 1 aliphatic carbocycles. The lowest BCUT2D eigenvalue weighted by Crippen LogP contribution is -2.50. The fourth-order valence-electron chi connectivity index (χ4n) is 4.77. The quantitative estimate of drug-likeness (QED) is 0.594. The van der Waals surface area contributed by atoms with E-state index in [1.807, 2.05) is 19.2 Å². The highest BCUT2D eigenvalue weighted by molar-refractivity contribution is 7.89. The topological polar surface area (TPSA) is 87.8 Å². The van der Waals surface area contributed by atoms with Crippen LogP contribution in [0.3, 0.4) is 0 Å². The van der Waals surface area contributed by atoms with E-state index in [1.54, 1.807) is 12.1 Å². The predicted molar refractivity (Wildman–Crippen MR) is 114 cm³/mol. The van der Waals surface area contributed by atoms with Crippen molar-refractivity contribution in [2.24, 2.45) is 15.5 Å². The van der Waals surface area contributed by atoms with Crippen LogP contribution in [0, 0.1) is 5.41 Å². The molecule has 0 amide bonds. The Morgan fingerprint density at radius 1 is 1.11 bits per heavy atom. The Morgan fingerprint density at radius 3 is 2.36 bits per heavy atom. The van der Waals surface area contributed by atoms with Gasteiger partial charge in [-0.1, -0.05) is 37.8 Å². The van der Waals surface area contributed by atoms with Gasteiger partial charge in [-0.25, -0.2) is 13.6 Å². The van der Waals surface area contributed by atoms with Gasteiger partial charge in [0.05, 0.1) is 4.90 Å². The summed E-state index contributed by atoms with van der Waals surface area (Å²) in [6.45, 7) is 2.96. The molecule has 1 spiro atoms. The predicted octanol–water partition coefficient (Wildman–Crippen LogP) is 2.89. The van der Waals surface area contributed by atoms with E-state index in [9.17, 15) is 8.42 Å². The van der Waals surface area contributed by atoms with Crippen molar-refractivity contribution in [3.63, 3.8) is 0 Å². The van der Waals surface area contributed by atoms with Gasteiger partial charge in [-0.05, 0) is 55.2 Å². The minimum atomic E-state index is -3.63. The maximum Gasteiger partial charge on any atom is 0.238 e. The second-order valence-corrected chi connectivity index (χ2v) is 9.91. The molecule has 0 unspecified atom stereocenters. The van der Waals surface area contributed by atoms with Gasteiger partial charge in [0, 0.05) is 26.7 Å². The zero-order valence-corrected chi connectivity index (χ0v) is 17.8. The molecule has 7 heteroatoms. The van der Waals surface area contributed by atoms with Crippen LogP contribution in [0.4, 0.5) is 0 Å². The van der Waals surface area contributed by atoms with Crippen molar-refractivity contribution in [1.29, 1.82) is 0 Å². The molecule has 28 heavy (non-hydrogen) atoms. The molecule has 1 saturated heterocycles. The molecule has 0 atom stereocenters. The fraction of sp³-hybridized carbons (Fsp3) is 0.667. The summed E-state index contributed by atoms with van der Waals surface area (Å²) in [4.78, 5) is 7.12. The number of aliphatic imine (C=N–C) groups is 1. The van der Waals surface area contributed by atoms with Gasteiger partial charge in [0.25, 0.3) is 0 Å². The lowest BCUT2D eigenvalue weighted by atomic mass is 9.74. The highest BCUT2D eigenvalue weighted by Gasteiger charge is 2.36. The average Bonchev–Trinajstić information content (AvgIpc) is 2.90. The van der Waals surface area contributed by atoms with Gasteiger partial charge in [0.15, 0.2) is 5.96 Å². The number of rotatable bonds is 4. The number of benzene rings is 1. The van der Waals surface area contributed by atoms with Gasteiger partial charge in [-0.2, -0.15) is 0 Å². The first kappa shape index (κ1) is 21.1. The largest absolute Gasteiger partial charge is 0.356 e. The number of hydrogen-bond acceptors (Lipinski definition) is 3. The second kappa shape index (κ2) is 9.27. The van der Waals surface area contributed by atoms with E-state index in [-0.39, 0.29) is 4.90 Å². The van der Waals surface area contributed by atoms with Crippen molar-refractivity contribution in [3.05, 3.63) is 29.8 Å². The first-order valence-electron chi connectivity index (χ1n) is 10.5. The highest BCUT2D eigenvalue weighted by atomic mass is 32.2. The van der Waals surface area contributed by atoms with Gasteiger partial charge in [-0.3, -0.25) is 4.99 Å². The van der Waals surface area contributed by atoms with E-state index < -0.39 is 10.0 Å². The number of nitrogens with zero attached hydrogens (tertiary/aromatic N) is 2. The smallest absolute Gasteiger partial charge is 0.238 e. The minimum Gasteiger partial charge on any atom is -0.356 e.